The van der Waals surface area contributed by atoms with Crippen LogP contribution in [-0.2, 0) is 14.8 Å². The largest absolute Gasteiger partial charge is 0.352 e. The van der Waals surface area contributed by atoms with Crippen molar-refractivity contribution < 1.29 is 13.2 Å². The van der Waals surface area contributed by atoms with Crippen LogP contribution in [0, 0.1) is 0 Å². The molecule has 2 fully saturated rings. The van der Waals surface area contributed by atoms with Gasteiger partial charge in [0.2, 0.25) is 15.9 Å². The average Bonchev–Trinajstić information content (AvgIpc) is 3.38. The first-order valence-corrected chi connectivity index (χ1v) is 9.78. The SMILES string of the molecule is O=C(CN1CCN(S(=O)(=O)C=Cc2ccccc2)CC1)NC1CC1. The molecule has 24 heavy (non-hydrogen) atoms. The zero-order chi connectivity index (χ0) is 17.0. The lowest BCUT2D eigenvalue weighted by Crippen LogP contribution is -2.50. The standard InChI is InChI=1S/C17H23N3O3S/c21-17(18-16-6-7-16)14-19-9-11-20(12-10-19)24(22,23)13-8-15-4-2-1-3-5-15/h1-5,8,13,16H,6-7,9-12,14H2,(H,18,21). The van der Waals surface area contributed by atoms with Crippen LogP contribution in [0.1, 0.15) is 18.4 Å². The van der Waals surface area contributed by atoms with Crippen LogP contribution >= 0.6 is 0 Å². The summed E-state index contributed by atoms with van der Waals surface area (Å²) in [4.78, 5) is 13.8. The first-order chi connectivity index (χ1) is 11.5. The van der Waals surface area contributed by atoms with E-state index in [9.17, 15) is 13.2 Å². The van der Waals surface area contributed by atoms with Crippen molar-refractivity contribution in [1.29, 1.82) is 0 Å². The van der Waals surface area contributed by atoms with Gasteiger partial charge in [0.05, 0.1) is 6.54 Å². The van der Waals surface area contributed by atoms with Crippen LogP contribution in [0.25, 0.3) is 6.08 Å². The lowest BCUT2D eigenvalue weighted by atomic mass is 10.2. The van der Waals surface area contributed by atoms with Crippen molar-refractivity contribution in [3.05, 3.63) is 41.3 Å². The Kier molecular flexibility index (Phi) is 5.33. The molecule has 1 aromatic carbocycles. The molecule has 0 atom stereocenters. The molecular weight excluding hydrogens is 326 g/mol. The third-order valence-electron chi connectivity index (χ3n) is 4.23. The number of rotatable bonds is 6. The fraction of sp³-hybridized carbons (Fsp3) is 0.471. The van der Waals surface area contributed by atoms with E-state index in [4.69, 9.17) is 0 Å². The number of carbonyl (C=O) groups is 1. The summed E-state index contributed by atoms with van der Waals surface area (Å²) < 4.78 is 26.2. The number of hydrogen-bond acceptors (Lipinski definition) is 4. The summed E-state index contributed by atoms with van der Waals surface area (Å²) in [6, 6.07) is 9.73. The molecular formula is C17H23N3O3S. The third kappa shape index (κ3) is 4.90. The van der Waals surface area contributed by atoms with Gasteiger partial charge in [0.15, 0.2) is 0 Å². The summed E-state index contributed by atoms with van der Waals surface area (Å²) in [5.41, 5.74) is 0.858. The minimum atomic E-state index is -3.42. The van der Waals surface area contributed by atoms with Crippen molar-refractivity contribution in [2.45, 2.75) is 18.9 Å². The highest BCUT2D eigenvalue weighted by Gasteiger charge is 2.28. The first kappa shape index (κ1) is 17.1. The molecule has 1 aliphatic heterocycles. The van der Waals surface area contributed by atoms with E-state index in [0.717, 1.165) is 18.4 Å². The highest BCUT2D eigenvalue weighted by Crippen LogP contribution is 2.18. The van der Waals surface area contributed by atoms with Crippen LogP contribution in [0.15, 0.2) is 35.7 Å². The van der Waals surface area contributed by atoms with E-state index in [-0.39, 0.29) is 5.91 Å². The van der Waals surface area contributed by atoms with E-state index in [1.54, 1.807) is 6.08 Å². The molecule has 0 unspecified atom stereocenters. The van der Waals surface area contributed by atoms with Gasteiger partial charge in [-0.15, -0.1) is 0 Å². The Balaban J connectivity index is 1.49. The summed E-state index contributed by atoms with van der Waals surface area (Å²) in [6.07, 6.45) is 3.77. The predicted molar refractivity (Wildman–Crippen MR) is 93.6 cm³/mol. The number of hydrogen-bond donors (Lipinski definition) is 1. The second-order valence-corrected chi connectivity index (χ2v) is 8.09. The van der Waals surface area contributed by atoms with Crippen LogP contribution in [0.5, 0.6) is 0 Å². The molecule has 1 heterocycles. The zero-order valence-electron chi connectivity index (χ0n) is 13.6. The average molecular weight is 349 g/mol. The van der Waals surface area contributed by atoms with Gasteiger partial charge < -0.3 is 5.32 Å². The van der Waals surface area contributed by atoms with Gasteiger partial charge in [-0.1, -0.05) is 30.3 Å². The van der Waals surface area contributed by atoms with Crippen LogP contribution in [0.3, 0.4) is 0 Å². The van der Waals surface area contributed by atoms with E-state index in [1.807, 2.05) is 35.2 Å². The van der Waals surface area contributed by atoms with E-state index in [0.29, 0.717) is 38.8 Å². The van der Waals surface area contributed by atoms with Gasteiger partial charge in [-0.2, -0.15) is 4.31 Å². The molecule has 1 saturated heterocycles. The number of benzene rings is 1. The van der Waals surface area contributed by atoms with Crippen LogP contribution < -0.4 is 5.32 Å². The minimum absolute atomic E-state index is 0.0396. The molecule has 130 valence electrons. The Morgan fingerprint density at radius 1 is 1.12 bits per heavy atom. The van der Waals surface area contributed by atoms with E-state index in [1.165, 1.54) is 9.71 Å². The zero-order valence-corrected chi connectivity index (χ0v) is 14.4. The fourth-order valence-corrected chi connectivity index (χ4v) is 3.83. The maximum Gasteiger partial charge on any atom is 0.236 e. The highest BCUT2D eigenvalue weighted by atomic mass is 32.2. The van der Waals surface area contributed by atoms with E-state index in [2.05, 4.69) is 5.32 Å². The van der Waals surface area contributed by atoms with Crippen molar-refractivity contribution >= 4 is 22.0 Å². The Bertz CT molecular complexity index is 691. The Morgan fingerprint density at radius 3 is 2.42 bits per heavy atom. The fourth-order valence-electron chi connectivity index (χ4n) is 2.66. The van der Waals surface area contributed by atoms with E-state index >= 15 is 0 Å². The number of nitrogens with zero attached hydrogens (tertiary/aromatic N) is 2. The van der Waals surface area contributed by atoms with Gasteiger partial charge in [-0.25, -0.2) is 8.42 Å². The first-order valence-electron chi connectivity index (χ1n) is 8.28. The molecule has 1 amide bonds. The number of carbonyl (C=O) groups excluding carboxylic acids is 1. The molecule has 0 spiro atoms. The van der Waals surface area contributed by atoms with Crippen molar-refractivity contribution in [2.24, 2.45) is 0 Å². The van der Waals surface area contributed by atoms with Gasteiger partial charge in [0.25, 0.3) is 0 Å². The van der Waals surface area contributed by atoms with Crippen molar-refractivity contribution in [2.75, 3.05) is 32.7 Å². The Labute approximate surface area is 143 Å². The quantitative estimate of drug-likeness (QED) is 0.828. The number of amides is 1. The second-order valence-electron chi connectivity index (χ2n) is 6.28. The maximum absolute atomic E-state index is 12.4. The molecule has 2 aliphatic rings. The molecule has 7 heteroatoms. The topological polar surface area (TPSA) is 69.7 Å². The Morgan fingerprint density at radius 2 is 1.79 bits per heavy atom. The summed E-state index contributed by atoms with van der Waals surface area (Å²) >= 11 is 0. The predicted octanol–water partition coefficient (Wildman–Crippen LogP) is 0.883. The summed E-state index contributed by atoms with van der Waals surface area (Å²) in [7, 11) is -3.42. The summed E-state index contributed by atoms with van der Waals surface area (Å²) in [5.74, 6) is 0.0396. The van der Waals surface area contributed by atoms with E-state index < -0.39 is 10.0 Å². The van der Waals surface area contributed by atoms with Gasteiger partial charge in [-0.3, -0.25) is 9.69 Å². The molecule has 1 aliphatic carbocycles. The molecule has 1 N–H and O–H groups in total. The van der Waals surface area contributed by atoms with Gasteiger partial charge >= 0.3 is 0 Å². The molecule has 1 saturated carbocycles. The summed E-state index contributed by atoms with van der Waals surface area (Å²) in [6.45, 7) is 2.34. The van der Waals surface area contributed by atoms with Crippen LogP contribution in [-0.4, -0.2) is 62.3 Å². The molecule has 6 nitrogen and oxygen atoms in total. The second kappa shape index (κ2) is 7.46. The van der Waals surface area contributed by atoms with Gasteiger partial charge in [0.1, 0.15) is 0 Å². The lowest BCUT2D eigenvalue weighted by molar-refractivity contribution is -0.122. The van der Waals surface area contributed by atoms with Crippen molar-refractivity contribution in [3.63, 3.8) is 0 Å². The third-order valence-corrected chi connectivity index (χ3v) is 5.80. The summed E-state index contributed by atoms with van der Waals surface area (Å²) in [5, 5.41) is 4.22. The van der Waals surface area contributed by atoms with Gasteiger partial charge in [-0.05, 0) is 24.5 Å². The van der Waals surface area contributed by atoms with Crippen LogP contribution in [0.2, 0.25) is 0 Å². The molecule has 0 bridgehead atoms. The van der Waals surface area contributed by atoms with Crippen LogP contribution in [0.4, 0.5) is 0 Å². The number of piperazine rings is 1. The minimum Gasteiger partial charge on any atom is -0.352 e. The molecule has 3 rings (SSSR count). The van der Waals surface area contributed by atoms with Crippen molar-refractivity contribution in [3.8, 4) is 0 Å². The Hall–Kier alpha value is -1.70. The number of nitrogens with one attached hydrogen (secondary N) is 1. The lowest BCUT2D eigenvalue weighted by Gasteiger charge is -2.32. The molecule has 0 aromatic heterocycles. The molecule has 0 radical (unpaired) electrons. The highest BCUT2D eigenvalue weighted by molar-refractivity contribution is 7.92. The van der Waals surface area contributed by atoms with Gasteiger partial charge in [0, 0.05) is 37.6 Å². The normalized spacial score (nSPS) is 20.3. The number of sulfonamides is 1. The van der Waals surface area contributed by atoms with Crippen molar-refractivity contribution in [1.82, 2.24) is 14.5 Å². The smallest absolute Gasteiger partial charge is 0.236 e. The monoisotopic (exact) mass is 349 g/mol. The maximum atomic E-state index is 12.4. The molecule has 1 aromatic rings.